The molecule has 4 heteroatoms. The topological polar surface area (TPSA) is 66.4 Å². The van der Waals surface area contributed by atoms with E-state index >= 15 is 0 Å². The summed E-state index contributed by atoms with van der Waals surface area (Å²) in [6.07, 6.45) is 8.87. The third-order valence-corrected chi connectivity index (χ3v) is 3.55. The monoisotopic (exact) mass is 271 g/mol. The lowest BCUT2D eigenvalue weighted by Gasteiger charge is -2.23. The van der Waals surface area contributed by atoms with E-state index in [1.54, 1.807) is 0 Å². The van der Waals surface area contributed by atoms with Crippen LogP contribution in [-0.2, 0) is 9.59 Å². The fourth-order valence-corrected chi connectivity index (χ4v) is 2.39. The van der Waals surface area contributed by atoms with Crippen molar-refractivity contribution in [2.45, 2.75) is 78.2 Å². The number of carboxylic acid groups (broad SMARTS) is 1. The Kier molecular flexibility index (Phi) is 10.2. The summed E-state index contributed by atoms with van der Waals surface area (Å²) in [6, 6.07) is -0.738. The molecule has 0 aromatic carbocycles. The van der Waals surface area contributed by atoms with Crippen molar-refractivity contribution in [1.82, 2.24) is 5.32 Å². The van der Waals surface area contributed by atoms with Crippen LogP contribution >= 0.6 is 0 Å². The van der Waals surface area contributed by atoms with E-state index in [2.05, 4.69) is 12.2 Å². The SMILES string of the molecule is CCCCCCCC[C@H](CC)[C@@H](NC(C)=O)C(=O)O. The van der Waals surface area contributed by atoms with E-state index in [9.17, 15) is 14.7 Å². The van der Waals surface area contributed by atoms with Crippen LogP contribution in [0.3, 0.4) is 0 Å². The van der Waals surface area contributed by atoms with E-state index in [1.165, 1.54) is 32.6 Å². The standard InChI is InChI=1S/C15H29NO3/c1-4-6-7-8-9-10-11-13(5-2)14(15(18)19)16-12(3)17/h13-14H,4-11H2,1-3H3,(H,16,17)(H,18,19)/t13-,14+/m0/s1. The molecule has 0 unspecified atom stereocenters. The van der Waals surface area contributed by atoms with Gasteiger partial charge >= 0.3 is 5.97 Å². The lowest BCUT2D eigenvalue weighted by atomic mass is 9.90. The molecule has 19 heavy (non-hydrogen) atoms. The van der Waals surface area contributed by atoms with Crippen LogP contribution in [0.2, 0.25) is 0 Å². The molecule has 112 valence electrons. The number of aliphatic carboxylic acids is 1. The molecule has 0 radical (unpaired) electrons. The average molecular weight is 271 g/mol. The molecule has 1 amide bonds. The average Bonchev–Trinajstić information content (AvgIpc) is 2.35. The smallest absolute Gasteiger partial charge is 0.326 e. The van der Waals surface area contributed by atoms with Gasteiger partial charge in [0.25, 0.3) is 0 Å². The molecule has 0 rings (SSSR count). The Morgan fingerprint density at radius 2 is 1.63 bits per heavy atom. The van der Waals surface area contributed by atoms with Crippen molar-refractivity contribution < 1.29 is 14.7 Å². The van der Waals surface area contributed by atoms with Gasteiger partial charge in [0, 0.05) is 6.92 Å². The van der Waals surface area contributed by atoms with Crippen LogP contribution in [0.4, 0.5) is 0 Å². The molecule has 2 atom stereocenters. The Labute approximate surface area is 117 Å². The second kappa shape index (κ2) is 10.8. The molecule has 0 aliphatic carbocycles. The van der Waals surface area contributed by atoms with E-state index in [1.807, 2.05) is 6.92 Å². The van der Waals surface area contributed by atoms with Gasteiger partial charge in [-0.3, -0.25) is 4.79 Å². The zero-order chi connectivity index (χ0) is 14.7. The number of carbonyl (C=O) groups is 2. The van der Waals surface area contributed by atoms with Crippen molar-refractivity contribution in [2.24, 2.45) is 5.92 Å². The molecule has 4 nitrogen and oxygen atoms in total. The van der Waals surface area contributed by atoms with E-state index in [0.29, 0.717) is 0 Å². The Hall–Kier alpha value is -1.06. The van der Waals surface area contributed by atoms with Gasteiger partial charge in [-0.15, -0.1) is 0 Å². The van der Waals surface area contributed by atoms with Gasteiger partial charge in [0.2, 0.25) is 5.91 Å². The van der Waals surface area contributed by atoms with E-state index in [0.717, 1.165) is 25.7 Å². The summed E-state index contributed by atoms with van der Waals surface area (Å²) >= 11 is 0. The minimum absolute atomic E-state index is 0.0348. The van der Waals surface area contributed by atoms with Crippen LogP contribution in [0, 0.1) is 5.92 Å². The summed E-state index contributed by atoms with van der Waals surface area (Å²) in [5.41, 5.74) is 0. The highest BCUT2D eigenvalue weighted by molar-refractivity contribution is 5.82. The zero-order valence-corrected chi connectivity index (χ0v) is 12.6. The summed E-state index contributed by atoms with van der Waals surface area (Å²) in [6.45, 7) is 5.55. The van der Waals surface area contributed by atoms with Gasteiger partial charge in [-0.1, -0.05) is 58.8 Å². The summed E-state index contributed by atoms with van der Waals surface area (Å²) in [5.74, 6) is -1.16. The highest BCUT2D eigenvalue weighted by Crippen LogP contribution is 2.19. The third kappa shape index (κ3) is 8.62. The number of nitrogens with one attached hydrogen (secondary N) is 1. The van der Waals surface area contributed by atoms with Crippen LogP contribution in [0.25, 0.3) is 0 Å². The Morgan fingerprint density at radius 1 is 1.05 bits per heavy atom. The maximum absolute atomic E-state index is 11.2. The minimum atomic E-state index is -0.923. The highest BCUT2D eigenvalue weighted by Gasteiger charge is 2.26. The third-order valence-electron chi connectivity index (χ3n) is 3.55. The number of hydrogen-bond donors (Lipinski definition) is 2. The molecule has 0 spiro atoms. The fourth-order valence-electron chi connectivity index (χ4n) is 2.39. The van der Waals surface area contributed by atoms with Crippen LogP contribution < -0.4 is 5.32 Å². The number of unbranched alkanes of at least 4 members (excludes halogenated alkanes) is 5. The molecule has 0 aromatic rings. The van der Waals surface area contributed by atoms with Gasteiger partial charge in [-0.05, 0) is 12.3 Å². The van der Waals surface area contributed by atoms with Gasteiger partial charge < -0.3 is 10.4 Å². The molecule has 0 fully saturated rings. The minimum Gasteiger partial charge on any atom is -0.480 e. The van der Waals surface area contributed by atoms with Crippen LogP contribution in [0.1, 0.15) is 72.1 Å². The molecule has 0 aliphatic rings. The van der Waals surface area contributed by atoms with Crippen molar-refractivity contribution in [2.75, 3.05) is 0 Å². The number of carbonyl (C=O) groups excluding carboxylic acids is 1. The summed E-state index contributed by atoms with van der Waals surface area (Å²) in [5, 5.41) is 11.7. The molecule has 0 aromatic heterocycles. The molecule has 0 bridgehead atoms. The molecule has 0 heterocycles. The number of rotatable bonds is 11. The Balaban J connectivity index is 4.07. The van der Waals surface area contributed by atoms with E-state index in [-0.39, 0.29) is 11.8 Å². The molecule has 0 saturated heterocycles. The number of hydrogen-bond acceptors (Lipinski definition) is 2. The van der Waals surface area contributed by atoms with Crippen molar-refractivity contribution in [1.29, 1.82) is 0 Å². The quantitative estimate of drug-likeness (QED) is 0.566. The van der Waals surface area contributed by atoms with Crippen molar-refractivity contribution >= 4 is 11.9 Å². The van der Waals surface area contributed by atoms with Gasteiger partial charge in [0.1, 0.15) is 6.04 Å². The molecule has 0 aliphatic heterocycles. The van der Waals surface area contributed by atoms with Gasteiger partial charge in [-0.2, -0.15) is 0 Å². The van der Waals surface area contributed by atoms with E-state index < -0.39 is 12.0 Å². The largest absolute Gasteiger partial charge is 0.480 e. The van der Waals surface area contributed by atoms with Gasteiger partial charge in [-0.25, -0.2) is 4.79 Å². The first kappa shape index (κ1) is 17.9. The first-order chi connectivity index (χ1) is 9.02. The lowest BCUT2D eigenvalue weighted by Crippen LogP contribution is -2.45. The highest BCUT2D eigenvalue weighted by atomic mass is 16.4. The van der Waals surface area contributed by atoms with Gasteiger partial charge in [0.15, 0.2) is 0 Å². The fraction of sp³-hybridized carbons (Fsp3) is 0.867. The van der Waals surface area contributed by atoms with E-state index in [4.69, 9.17) is 0 Å². The van der Waals surface area contributed by atoms with Crippen LogP contribution in [-0.4, -0.2) is 23.0 Å². The first-order valence-corrected chi connectivity index (χ1v) is 7.52. The summed E-state index contributed by atoms with van der Waals surface area (Å²) in [4.78, 5) is 22.2. The zero-order valence-electron chi connectivity index (χ0n) is 12.6. The summed E-state index contributed by atoms with van der Waals surface area (Å²) < 4.78 is 0. The maximum atomic E-state index is 11.2. The summed E-state index contributed by atoms with van der Waals surface area (Å²) in [7, 11) is 0. The van der Waals surface area contributed by atoms with Crippen molar-refractivity contribution in [3.8, 4) is 0 Å². The molecular weight excluding hydrogens is 242 g/mol. The maximum Gasteiger partial charge on any atom is 0.326 e. The normalized spacial score (nSPS) is 13.8. The Bertz CT molecular complexity index is 266. The Morgan fingerprint density at radius 3 is 2.11 bits per heavy atom. The number of carboxylic acids is 1. The predicted molar refractivity (Wildman–Crippen MR) is 77.0 cm³/mol. The molecule has 2 N–H and O–H groups in total. The van der Waals surface area contributed by atoms with Crippen LogP contribution in [0.5, 0.6) is 0 Å². The first-order valence-electron chi connectivity index (χ1n) is 7.52. The van der Waals surface area contributed by atoms with Crippen molar-refractivity contribution in [3.63, 3.8) is 0 Å². The van der Waals surface area contributed by atoms with Crippen molar-refractivity contribution in [3.05, 3.63) is 0 Å². The van der Waals surface area contributed by atoms with Crippen LogP contribution in [0.15, 0.2) is 0 Å². The lowest BCUT2D eigenvalue weighted by molar-refractivity contribution is -0.143. The second-order valence-corrected chi connectivity index (χ2v) is 5.24. The number of amides is 1. The molecule has 0 saturated carbocycles. The second-order valence-electron chi connectivity index (χ2n) is 5.24. The molecular formula is C15H29NO3. The van der Waals surface area contributed by atoms with Gasteiger partial charge in [0.05, 0.1) is 0 Å². The predicted octanol–water partition coefficient (Wildman–Crippen LogP) is 3.35.